The van der Waals surface area contributed by atoms with Crippen LogP contribution in [0.5, 0.6) is 0 Å². The normalized spacial score (nSPS) is 11.3. The number of rotatable bonds is 7. The zero-order chi connectivity index (χ0) is 24.8. The van der Waals surface area contributed by atoms with Crippen LogP contribution in [0.1, 0.15) is 33.6 Å². The van der Waals surface area contributed by atoms with Crippen LogP contribution in [0.15, 0.2) is 91.0 Å². The van der Waals surface area contributed by atoms with Gasteiger partial charge in [0.25, 0.3) is 5.91 Å². The lowest BCUT2D eigenvalue weighted by Crippen LogP contribution is -2.15. The van der Waals surface area contributed by atoms with Gasteiger partial charge in [-0.1, -0.05) is 54.6 Å². The number of carbonyl (C=O) groups is 1. The standard InChI is InChI=1S/C28H24F3N3O/c29-28(30,31)21-14-17-24(20-7-2-1-3-8-20)25(18-21)27(35)34-23-15-12-19(13-16-23)6-4-9-22-10-5-11-26(32)33-22/h1-3,5,7-8,10-18H,4,6,9H2,(H2,32,33)(H,34,35). The number of pyridine rings is 1. The topological polar surface area (TPSA) is 68.0 Å². The molecule has 0 spiro atoms. The zero-order valence-electron chi connectivity index (χ0n) is 18.8. The van der Waals surface area contributed by atoms with Crippen molar-refractivity contribution in [3.63, 3.8) is 0 Å². The zero-order valence-corrected chi connectivity index (χ0v) is 18.8. The van der Waals surface area contributed by atoms with E-state index in [9.17, 15) is 18.0 Å². The van der Waals surface area contributed by atoms with Crippen molar-refractivity contribution in [3.05, 3.63) is 113 Å². The minimum absolute atomic E-state index is 0.0373. The Morgan fingerprint density at radius 1 is 0.857 bits per heavy atom. The van der Waals surface area contributed by atoms with Gasteiger partial charge in [-0.15, -0.1) is 0 Å². The molecule has 0 radical (unpaired) electrons. The third-order valence-corrected chi connectivity index (χ3v) is 5.61. The Morgan fingerprint density at radius 3 is 2.29 bits per heavy atom. The van der Waals surface area contributed by atoms with Crippen molar-refractivity contribution >= 4 is 17.4 Å². The van der Waals surface area contributed by atoms with E-state index in [1.807, 2.05) is 24.3 Å². The van der Waals surface area contributed by atoms with E-state index in [1.165, 1.54) is 6.07 Å². The maximum Gasteiger partial charge on any atom is 0.416 e. The number of benzene rings is 3. The van der Waals surface area contributed by atoms with Gasteiger partial charge in [-0.05, 0) is 72.4 Å². The van der Waals surface area contributed by atoms with Gasteiger partial charge in [-0.3, -0.25) is 4.79 Å². The highest BCUT2D eigenvalue weighted by atomic mass is 19.4. The van der Waals surface area contributed by atoms with Crippen molar-refractivity contribution in [2.75, 3.05) is 11.1 Å². The molecule has 1 amide bonds. The van der Waals surface area contributed by atoms with Crippen molar-refractivity contribution in [2.24, 2.45) is 0 Å². The van der Waals surface area contributed by atoms with Crippen molar-refractivity contribution in [1.82, 2.24) is 4.98 Å². The van der Waals surface area contributed by atoms with E-state index in [0.29, 0.717) is 22.6 Å². The molecular weight excluding hydrogens is 451 g/mol. The lowest BCUT2D eigenvalue weighted by atomic mass is 9.96. The molecule has 0 fully saturated rings. The van der Waals surface area contributed by atoms with Gasteiger partial charge in [0.15, 0.2) is 0 Å². The van der Waals surface area contributed by atoms with Crippen LogP contribution in [-0.4, -0.2) is 10.9 Å². The van der Waals surface area contributed by atoms with E-state index in [2.05, 4.69) is 10.3 Å². The first-order chi connectivity index (χ1) is 16.8. The number of nitrogens with two attached hydrogens (primary N) is 1. The molecule has 0 unspecified atom stereocenters. The first kappa shape index (κ1) is 24.0. The first-order valence-electron chi connectivity index (χ1n) is 11.2. The van der Waals surface area contributed by atoms with E-state index in [1.54, 1.807) is 48.5 Å². The van der Waals surface area contributed by atoms with E-state index in [0.717, 1.165) is 42.7 Å². The average molecular weight is 476 g/mol. The number of aromatic nitrogens is 1. The molecule has 1 aromatic heterocycles. The maximum atomic E-state index is 13.3. The van der Waals surface area contributed by atoms with Gasteiger partial charge in [0.2, 0.25) is 0 Å². The van der Waals surface area contributed by atoms with Gasteiger partial charge in [0.1, 0.15) is 5.82 Å². The Hall–Kier alpha value is -4.13. The number of nitrogens with zero attached hydrogens (tertiary/aromatic N) is 1. The third kappa shape index (κ3) is 6.26. The summed E-state index contributed by atoms with van der Waals surface area (Å²) in [6.07, 6.45) is -2.06. The van der Waals surface area contributed by atoms with Crippen LogP contribution in [0.4, 0.5) is 24.7 Å². The molecule has 0 atom stereocenters. The molecule has 4 aromatic rings. The molecule has 0 saturated carbocycles. The molecule has 0 aliphatic carbocycles. The second-order valence-electron chi connectivity index (χ2n) is 8.18. The predicted molar refractivity (Wildman–Crippen MR) is 132 cm³/mol. The summed E-state index contributed by atoms with van der Waals surface area (Å²) in [5.41, 5.74) is 8.42. The van der Waals surface area contributed by atoms with Crippen LogP contribution in [0, 0.1) is 0 Å². The summed E-state index contributed by atoms with van der Waals surface area (Å²) >= 11 is 0. The van der Waals surface area contributed by atoms with Crippen LogP contribution in [0.2, 0.25) is 0 Å². The Morgan fingerprint density at radius 2 is 1.60 bits per heavy atom. The van der Waals surface area contributed by atoms with E-state index in [4.69, 9.17) is 5.73 Å². The lowest BCUT2D eigenvalue weighted by Gasteiger charge is -2.14. The number of hydrogen-bond acceptors (Lipinski definition) is 3. The highest BCUT2D eigenvalue weighted by Crippen LogP contribution is 2.34. The lowest BCUT2D eigenvalue weighted by molar-refractivity contribution is -0.137. The summed E-state index contributed by atoms with van der Waals surface area (Å²) in [6, 6.07) is 25.0. The molecule has 0 bridgehead atoms. The van der Waals surface area contributed by atoms with Crippen LogP contribution >= 0.6 is 0 Å². The number of hydrogen-bond donors (Lipinski definition) is 2. The molecular formula is C28H24F3N3O. The Bertz CT molecular complexity index is 1300. The van der Waals surface area contributed by atoms with E-state index >= 15 is 0 Å². The Balaban J connectivity index is 1.47. The highest BCUT2D eigenvalue weighted by molar-refractivity contribution is 6.08. The second kappa shape index (κ2) is 10.4. The largest absolute Gasteiger partial charge is 0.416 e. The molecule has 4 rings (SSSR count). The Kier molecular flexibility index (Phi) is 7.15. The minimum Gasteiger partial charge on any atom is -0.384 e. The fourth-order valence-electron chi connectivity index (χ4n) is 3.84. The van der Waals surface area contributed by atoms with Crippen molar-refractivity contribution in [1.29, 1.82) is 0 Å². The molecule has 0 aliphatic heterocycles. The number of nitrogen functional groups attached to an aromatic ring is 1. The number of alkyl halides is 3. The number of nitrogens with one attached hydrogen (secondary N) is 1. The summed E-state index contributed by atoms with van der Waals surface area (Å²) in [5.74, 6) is -0.103. The van der Waals surface area contributed by atoms with Gasteiger partial charge < -0.3 is 11.1 Å². The number of aryl methyl sites for hydroxylation is 2. The summed E-state index contributed by atoms with van der Waals surface area (Å²) in [4.78, 5) is 17.3. The smallest absolute Gasteiger partial charge is 0.384 e. The molecule has 0 aliphatic rings. The summed E-state index contributed by atoms with van der Waals surface area (Å²) in [6.45, 7) is 0. The molecule has 178 valence electrons. The number of halogens is 3. The molecule has 0 saturated heterocycles. The molecule has 35 heavy (non-hydrogen) atoms. The Labute approximate surface area is 201 Å². The summed E-state index contributed by atoms with van der Waals surface area (Å²) in [7, 11) is 0. The molecule has 7 heteroatoms. The second-order valence-corrected chi connectivity index (χ2v) is 8.18. The summed E-state index contributed by atoms with van der Waals surface area (Å²) in [5, 5.41) is 2.73. The van der Waals surface area contributed by atoms with Gasteiger partial charge in [0, 0.05) is 16.9 Å². The summed E-state index contributed by atoms with van der Waals surface area (Å²) < 4.78 is 40.0. The van der Waals surface area contributed by atoms with Crippen LogP contribution < -0.4 is 11.1 Å². The highest BCUT2D eigenvalue weighted by Gasteiger charge is 2.32. The van der Waals surface area contributed by atoms with Crippen LogP contribution in [0.3, 0.4) is 0 Å². The van der Waals surface area contributed by atoms with Gasteiger partial charge in [0.05, 0.1) is 5.56 Å². The van der Waals surface area contributed by atoms with Crippen molar-refractivity contribution in [3.8, 4) is 11.1 Å². The van der Waals surface area contributed by atoms with Crippen LogP contribution in [0.25, 0.3) is 11.1 Å². The third-order valence-electron chi connectivity index (χ3n) is 5.61. The fourth-order valence-corrected chi connectivity index (χ4v) is 3.84. The molecule has 4 nitrogen and oxygen atoms in total. The molecule has 3 aromatic carbocycles. The molecule has 1 heterocycles. The minimum atomic E-state index is -4.55. The van der Waals surface area contributed by atoms with Crippen molar-refractivity contribution in [2.45, 2.75) is 25.4 Å². The number of anilines is 2. The SMILES string of the molecule is Nc1cccc(CCCc2ccc(NC(=O)c3cc(C(F)(F)F)ccc3-c3ccccc3)cc2)n1. The number of carbonyl (C=O) groups excluding carboxylic acids is 1. The number of amides is 1. The fraction of sp³-hybridized carbons (Fsp3) is 0.143. The first-order valence-corrected chi connectivity index (χ1v) is 11.2. The predicted octanol–water partition coefficient (Wildman–Crippen LogP) is 6.78. The van der Waals surface area contributed by atoms with E-state index in [-0.39, 0.29) is 5.56 Å². The van der Waals surface area contributed by atoms with E-state index < -0.39 is 17.6 Å². The maximum absolute atomic E-state index is 13.3. The average Bonchev–Trinajstić information content (AvgIpc) is 2.85. The van der Waals surface area contributed by atoms with Gasteiger partial charge in [-0.2, -0.15) is 13.2 Å². The van der Waals surface area contributed by atoms with Gasteiger partial charge >= 0.3 is 6.18 Å². The van der Waals surface area contributed by atoms with Gasteiger partial charge in [-0.25, -0.2) is 4.98 Å². The molecule has 3 N–H and O–H groups in total. The van der Waals surface area contributed by atoms with Crippen LogP contribution in [-0.2, 0) is 19.0 Å². The van der Waals surface area contributed by atoms with Crippen molar-refractivity contribution < 1.29 is 18.0 Å². The monoisotopic (exact) mass is 475 g/mol. The quantitative estimate of drug-likeness (QED) is 0.310.